The van der Waals surface area contributed by atoms with Crippen LogP contribution in [0.3, 0.4) is 0 Å². The first-order chi connectivity index (χ1) is 7.24. The fourth-order valence-corrected chi connectivity index (χ4v) is 1.40. The second kappa shape index (κ2) is 6.64. The van der Waals surface area contributed by atoms with Crippen LogP contribution in [0.4, 0.5) is 0 Å². The Morgan fingerprint density at radius 3 is 3.00 bits per heavy atom. The van der Waals surface area contributed by atoms with Crippen molar-refractivity contribution in [2.75, 3.05) is 19.7 Å². The molecule has 3 heteroatoms. The predicted octanol–water partition coefficient (Wildman–Crippen LogP) is 2.91. The van der Waals surface area contributed by atoms with Crippen LogP contribution in [0.25, 0.3) is 0 Å². The SMILES string of the molecule is C=CCNCCOc1ccc(Br)c(C)c1. The predicted molar refractivity (Wildman–Crippen MR) is 67.4 cm³/mol. The van der Waals surface area contributed by atoms with Crippen LogP contribution >= 0.6 is 15.9 Å². The molecule has 0 aliphatic rings. The molecule has 0 saturated heterocycles. The van der Waals surface area contributed by atoms with Gasteiger partial charge in [-0.25, -0.2) is 0 Å². The fourth-order valence-electron chi connectivity index (χ4n) is 1.15. The second-order valence-corrected chi connectivity index (χ2v) is 4.11. The summed E-state index contributed by atoms with van der Waals surface area (Å²) in [7, 11) is 0. The molecular formula is C12H16BrNO. The lowest BCUT2D eigenvalue weighted by molar-refractivity contribution is 0.316. The van der Waals surface area contributed by atoms with Gasteiger partial charge in [-0.1, -0.05) is 22.0 Å². The van der Waals surface area contributed by atoms with E-state index in [1.807, 2.05) is 31.2 Å². The minimum Gasteiger partial charge on any atom is -0.492 e. The fraction of sp³-hybridized carbons (Fsp3) is 0.333. The summed E-state index contributed by atoms with van der Waals surface area (Å²) in [5, 5.41) is 3.18. The van der Waals surface area contributed by atoms with Gasteiger partial charge in [0.25, 0.3) is 0 Å². The first-order valence-electron chi connectivity index (χ1n) is 4.94. The zero-order chi connectivity index (χ0) is 11.1. The number of halogens is 1. The molecule has 1 aromatic rings. The molecule has 0 spiro atoms. The zero-order valence-corrected chi connectivity index (χ0v) is 10.5. The summed E-state index contributed by atoms with van der Waals surface area (Å²) >= 11 is 3.45. The monoisotopic (exact) mass is 269 g/mol. The molecule has 0 aliphatic carbocycles. The van der Waals surface area contributed by atoms with Crippen molar-refractivity contribution in [3.8, 4) is 5.75 Å². The molecule has 1 rings (SSSR count). The zero-order valence-electron chi connectivity index (χ0n) is 8.92. The third kappa shape index (κ3) is 4.49. The maximum atomic E-state index is 5.57. The molecule has 82 valence electrons. The third-order valence-electron chi connectivity index (χ3n) is 1.97. The highest BCUT2D eigenvalue weighted by Gasteiger charge is 1.97. The minimum absolute atomic E-state index is 0.676. The Labute approximate surface area is 99.5 Å². The van der Waals surface area contributed by atoms with Crippen LogP contribution in [0.1, 0.15) is 5.56 Å². The van der Waals surface area contributed by atoms with Crippen LogP contribution in [-0.4, -0.2) is 19.7 Å². The van der Waals surface area contributed by atoms with E-state index in [-0.39, 0.29) is 0 Å². The summed E-state index contributed by atoms with van der Waals surface area (Å²) in [6.07, 6.45) is 1.84. The molecule has 1 aromatic carbocycles. The van der Waals surface area contributed by atoms with E-state index in [0.717, 1.165) is 23.3 Å². The molecule has 2 nitrogen and oxygen atoms in total. The molecule has 0 unspecified atom stereocenters. The van der Waals surface area contributed by atoms with Gasteiger partial charge in [-0.05, 0) is 30.7 Å². The molecule has 0 heterocycles. The van der Waals surface area contributed by atoms with Crippen molar-refractivity contribution in [2.45, 2.75) is 6.92 Å². The van der Waals surface area contributed by atoms with Gasteiger partial charge < -0.3 is 10.1 Å². The van der Waals surface area contributed by atoms with Crippen molar-refractivity contribution in [3.05, 3.63) is 40.9 Å². The van der Waals surface area contributed by atoms with E-state index in [1.54, 1.807) is 0 Å². The Morgan fingerprint density at radius 2 is 2.33 bits per heavy atom. The summed E-state index contributed by atoms with van der Waals surface area (Å²) in [6, 6.07) is 5.99. The molecule has 15 heavy (non-hydrogen) atoms. The van der Waals surface area contributed by atoms with Crippen LogP contribution in [0.2, 0.25) is 0 Å². The summed E-state index contributed by atoms with van der Waals surface area (Å²) in [6.45, 7) is 8.01. The smallest absolute Gasteiger partial charge is 0.119 e. The van der Waals surface area contributed by atoms with Crippen LogP contribution < -0.4 is 10.1 Å². The average molecular weight is 270 g/mol. The van der Waals surface area contributed by atoms with Gasteiger partial charge in [0.05, 0.1) is 0 Å². The molecule has 0 radical (unpaired) electrons. The molecule has 0 saturated carbocycles. The highest BCUT2D eigenvalue weighted by molar-refractivity contribution is 9.10. The molecule has 0 aliphatic heterocycles. The number of benzene rings is 1. The molecule has 1 N–H and O–H groups in total. The standard InChI is InChI=1S/C12H16BrNO/c1-3-6-14-7-8-15-11-4-5-12(13)10(2)9-11/h3-5,9,14H,1,6-8H2,2H3. The summed E-state index contributed by atoms with van der Waals surface area (Å²) < 4.78 is 6.68. The van der Waals surface area contributed by atoms with E-state index in [0.29, 0.717) is 6.61 Å². The largest absolute Gasteiger partial charge is 0.492 e. The van der Waals surface area contributed by atoms with Gasteiger partial charge in [0.1, 0.15) is 12.4 Å². The van der Waals surface area contributed by atoms with E-state index in [1.165, 1.54) is 5.56 Å². The van der Waals surface area contributed by atoms with Crippen molar-refractivity contribution in [2.24, 2.45) is 0 Å². The van der Waals surface area contributed by atoms with E-state index in [4.69, 9.17) is 4.74 Å². The van der Waals surface area contributed by atoms with Crippen molar-refractivity contribution in [3.63, 3.8) is 0 Å². The van der Waals surface area contributed by atoms with Gasteiger partial charge >= 0.3 is 0 Å². The molecular weight excluding hydrogens is 254 g/mol. The molecule has 0 amide bonds. The minimum atomic E-state index is 0.676. The van der Waals surface area contributed by atoms with Crippen LogP contribution in [-0.2, 0) is 0 Å². The topological polar surface area (TPSA) is 21.3 Å². The Kier molecular flexibility index (Phi) is 5.43. The lowest BCUT2D eigenvalue weighted by Gasteiger charge is -2.07. The number of rotatable bonds is 6. The Bertz CT molecular complexity index is 325. The van der Waals surface area contributed by atoms with E-state index in [9.17, 15) is 0 Å². The highest BCUT2D eigenvalue weighted by atomic mass is 79.9. The number of aryl methyl sites for hydroxylation is 1. The number of hydrogen-bond acceptors (Lipinski definition) is 2. The lowest BCUT2D eigenvalue weighted by Crippen LogP contribution is -2.20. The summed E-state index contributed by atoms with van der Waals surface area (Å²) in [4.78, 5) is 0. The van der Waals surface area contributed by atoms with Gasteiger partial charge in [0, 0.05) is 17.6 Å². The maximum absolute atomic E-state index is 5.57. The lowest BCUT2D eigenvalue weighted by atomic mass is 10.2. The van der Waals surface area contributed by atoms with E-state index < -0.39 is 0 Å². The second-order valence-electron chi connectivity index (χ2n) is 3.25. The van der Waals surface area contributed by atoms with Crippen LogP contribution in [0, 0.1) is 6.92 Å². The first kappa shape index (κ1) is 12.3. The number of ether oxygens (including phenoxy) is 1. The van der Waals surface area contributed by atoms with Gasteiger partial charge in [0.15, 0.2) is 0 Å². The Balaban J connectivity index is 2.31. The Morgan fingerprint density at radius 1 is 1.53 bits per heavy atom. The van der Waals surface area contributed by atoms with Gasteiger partial charge in [0.2, 0.25) is 0 Å². The van der Waals surface area contributed by atoms with Gasteiger partial charge in [-0.2, -0.15) is 0 Å². The maximum Gasteiger partial charge on any atom is 0.119 e. The molecule has 0 bridgehead atoms. The average Bonchev–Trinajstić information content (AvgIpc) is 2.23. The molecule has 0 aromatic heterocycles. The number of hydrogen-bond donors (Lipinski definition) is 1. The summed E-state index contributed by atoms with van der Waals surface area (Å²) in [5.74, 6) is 0.913. The first-order valence-corrected chi connectivity index (χ1v) is 5.74. The quantitative estimate of drug-likeness (QED) is 0.634. The highest BCUT2D eigenvalue weighted by Crippen LogP contribution is 2.21. The third-order valence-corrected chi connectivity index (χ3v) is 2.86. The van der Waals surface area contributed by atoms with E-state index in [2.05, 4.69) is 27.8 Å². The van der Waals surface area contributed by atoms with Gasteiger partial charge in [-0.3, -0.25) is 0 Å². The van der Waals surface area contributed by atoms with E-state index >= 15 is 0 Å². The van der Waals surface area contributed by atoms with Crippen molar-refractivity contribution >= 4 is 15.9 Å². The van der Waals surface area contributed by atoms with Crippen molar-refractivity contribution in [1.29, 1.82) is 0 Å². The van der Waals surface area contributed by atoms with Gasteiger partial charge in [-0.15, -0.1) is 6.58 Å². The summed E-state index contributed by atoms with van der Waals surface area (Å²) in [5.41, 5.74) is 1.19. The number of nitrogens with one attached hydrogen (secondary N) is 1. The molecule has 0 atom stereocenters. The van der Waals surface area contributed by atoms with Crippen LogP contribution in [0.15, 0.2) is 35.3 Å². The van der Waals surface area contributed by atoms with Crippen molar-refractivity contribution < 1.29 is 4.74 Å². The molecule has 0 fully saturated rings. The Hall–Kier alpha value is -0.800. The van der Waals surface area contributed by atoms with Crippen molar-refractivity contribution in [1.82, 2.24) is 5.32 Å². The normalized spacial score (nSPS) is 10.0. The van der Waals surface area contributed by atoms with Crippen LogP contribution in [0.5, 0.6) is 5.75 Å².